The molecule has 9 aromatic rings. The number of benzene rings is 7. The van der Waals surface area contributed by atoms with Crippen LogP contribution in [-0.2, 0) is 0 Å². The predicted molar refractivity (Wildman–Crippen MR) is 186 cm³/mol. The summed E-state index contributed by atoms with van der Waals surface area (Å²) in [5, 5.41) is 5.06. The van der Waals surface area contributed by atoms with Crippen LogP contribution in [-0.4, -0.2) is 9.13 Å². The summed E-state index contributed by atoms with van der Waals surface area (Å²) in [6.45, 7) is 0. The third-order valence-corrected chi connectivity index (χ3v) is 8.90. The lowest BCUT2D eigenvalue weighted by molar-refractivity contribution is 1.18. The lowest BCUT2D eigenvalue weighted by Gasteiger charge is -2.14. The number of hydrogen-bond acceptors (Lipinski definition) is 0. The molecule has 7 aromatic carbocycles. The van der Waals surface area contributed by atoms with Crippen LogP contribution in [0, 0.1) is 0 Å². The summed E-state index contributed by atoms with van der Waals surface area (Å²) in [5.74, 6) is 0. The maximum absolute atomic E-state index is 2.42. The van der Waals surface area contributed by atoms with E-state index in [4.69, 9.17) is 0 Å². The third kappa shape index (κ3) is 3.68. The molecule has 206 valence electrons. The van der Waals surface area contributed by atoms with Crippen LogP contribution >= 0.6 is 0 Å². The van der Waals surface area contributed by atoms with Crippen molar-refractivity contribution in [2.45, 2.75) is 0 Å². The fourth-order valence-corrected chi connectivity index (χ4v) is 7.05. The lowest BCUT2D eigenvalue weighted by Crippen LogP contribution is -1.96. The maximum atomic E-state index is 2.42. The van der Waals surface area contributed by atoms with Crippen LogP contribution in [0.4, 0.5) is 0 Å². The van der Waals surface area contributed by atoms with Crippen molar-refractivity contribution in [2.75, 3.05) is 0 Å². The van der Waals surface area contributed by atoms with Crippen LogP contribution in [0.3, 0.4) is 0 Å². The molecule has 9 rings (SSSR count). The van der Waals surface area contributed by atoms with E-state index in [1.807, 2.05) is 0 Å². The standard InChI is InChI=1S/C42H28N2/c1-3-16-31(17-4-1)43-39-26-9-7-20-35(39)37-24-12-22-33(41(37)43)29-14-11-15-30(28-29)34-23-13-25-38-36-21-8-10-27-40(36)44(42(34)38)32-18-5-2-6-19-32/h1-28H. The minimum Gasteiger partial charge on any atom is -0.309 e. The van der Waals surface area contributed by atoms with E-state index in [9.17, 15) is 0 Å². The Morgan fingerprint density at radius 1 is 0.295 bits per heavy atom. The molecule has 0 unspecified atom stereocenters. The first-order valence-electron chi connectivity index (χ1n) is 15.1. The molecule has 2 heterocycles. The highest BCUT2D eigenvalue weighted by molar-refractivity contribution is 6.15. The van der Waals surface area contributed by atoms with Gasteiger partial charge in [-0.3, -0.25) is 0 Å². The molecule has 0 aliphatic rings. The third-order valence-electron chi connectivity index (χ3n) is 8.90. The summed E-state index contributed by atoms with van der Waals surface area (Å²) >= 11 is 0. The number of aromatic nitrogens is 2. The first-order valence-corrected chi connectivity index (χ1v) is 15.1. The van der Waals surface area contributed by atoms with E-state index in [2.05, 4.69) is 179 Å². The Kier molecular flexibility index (Phi) is 5.54. The molecule has 0 saturated carbocycles. The molecule has 2 heteroatoms. The molecule has 0 aliphatic carbocycles. The quantitative estimate of drug-likeness (QED) is 0.203. The minimum absolute atomic E-state index is 1.17. The summed E-state index contributed by atoms with van der Waals surface area (Å²) in [6, 6.07) is 61.4. The van der Waals surface area contributed by atoms with Crippen LogP contribution in [0.1, 0.15) is 0 Å². The van der Waals surface area contributed by atoms with E-state index in [-0.39, 0.29) is 0 Å². The Bertz CT molecular complexity index is 2310. The van der Waals surface area contributed by atoms with Crippen molar-refractivity contribution < 1.29 is 0 Å². The first-order chi connectivity index (χ1) is 21.9. The average Bonchev–Trinajstić information content (AvgIpc) is 3.62. The van der Waals surface area contributed by atoms with Crippen molar-refractivity contribution in [2.24, 2.45) is 0 Å². The molecule has 0 amide bonds. The van der Waals surface area contributed by atoms with E-state index in [0.29, 0.717) is 0 Å². The Morgan fingerprint density at radius 3 is 1.16 bits per heavy atom. The van der Waals surface area contributed by atoms with Crippen LogP contribution < -0.4 is 0 Å². The van der Waals surface area contributed by atoms with Crippen molar-refractivity contribution in [3.8, 4) is 33.6 Å². The molecule has 0 bridgehead atoms. The molecule has 0 aliphatic heterocycles. The maximum Gasteiger partial charge on any atom is 0.0619 e. The van der Waals surface area contributed by atoms with Gasteiger partial charge in [-0.1, -0.05) is 127 Å². The van der Waals surface area contributed by atoms with Gasteiger partial charge in [-0.05, 0) is 53.6 Å². The normalized spacial score (nSPS) is 11.6. The van der Waals surface area contributed by atoms with Gasteiger partial charge < -0.3 is 9.13 Å². The molecule has 2 aromatic heterocycles. The van der Waals surface area contributed by atoms with Gasteiger partial charge in [0, 0.05) is 44.0 Å². The second kappa shape index (κ2) is 9.86. The van der Waals surface area contributed by atoms with E-state index in [0.717, 1.165) is 0 Å². The van der Waals surface area contributed by atoms with Crippen molar-refractivity contribution in [3.05, 3.63) is 170 Å². The molecule has 0 radical (unpaired) electrons. The zero-order valence-electron chi connectivity index (χ0n) is 24.1. The Balaban J connectivity index is 1.32. The van der Waals surface area contributed by atoms with Crippen molar-refractivity contribution in [1.29, 1.82) is 0 Å². The summed E-state index contributed by atoms with van der Waals surface area (Å²) in [6.07, 6.45) is 0. The van der Waals surface area contributed by atoms with Crippen LogP contribution in [0.25, 0.3) is 77.2 Å². The van der Waals surface area contributed by atoms with Gasteiger partial charge in [0.15, 0.2) is 0 Å². The van der Waals surface area contributed by atoms with Crippen molar-refractivity contribution >= 4 is 43.6 Å². The molecule has 0 fully saturated rings. The summed E-state index contributed by atoms with van der Waals surface area (Å²) in [5.41, 5.74) is 12.1. The van der Waals surface area contributed by atoms with E-state index in [1.165, 1.54) is 77.2 Å². The van der Waals surface area contributed by atoms with Gasteiger partial charge in [0.05, 0.1) is 22.1 Å². The Morgan fingerprint density at radius 2 is 0.682 bits per heavy atom. The van der Waals surface area contributed by atoms with Crippen molar-refractivity contribution in [3.63, 3.8) is 0 Å². The highest BCUT2D eigenvalue weighted by Crippen LogP contribution is 2.41. The topological polar surface area (TPSA) is 9.86 Å². The fraction of sp³-hybridized carbons (Fsp3) is 0. The van der Waals surface area contributed by atoms with Gasteiger partial charge in [0.2, 0.25) is 0 Å². The Hall–Kier alpha value is -5.86. The molecule has 44 heavy (non-hydrogen) atoms. The fourth-order valence-electron chi connectivity index (χ4n) is 7.05. The van der Waals surface area contributed by atoms with Crippen LogP contribution in [0.2, 0.25) is 0 Å². The van der Waals surface area contributed by atoms with Gasteiger partial charge in [0.25, 0.3) is 0 Å². The number of para-hydroxylation sites is 6. The summed E-state index contributed by atoms with van der Waals surface area (Å²) < 4.78 is 4.83. The Labute approximate surface area is 255 Å². The van der Waals surface area contributed by atoms with E-state index in [1.54, 1.807) is 0 Å². The van der Waals surface area contributed by atoms with E-state index < -0.39 is 0 Å². The molecule has 0 saturated heterocycles. The molecule has 0 atom stereocenters. The second-order valence-electron chi connectivity index (χ2n) is 11.4. The first kappa shape index (κ1) is 24.7. The second-order valence-corrected chi connectivity index (χ2v) is 11.4. The van der Waals surface area contributed by atoms with Gasteiger partial charge >= 0.3 is 0 Å². The smallest absolute Gasteiger partial charge is 0.0619 e. The predicted octanol–water partition coefficient (Wildman–Crippen LogP) is 11.2. The SMILES string of the molecule is c1ccc(-n2c3ccccc3c3cccc(-c4cccc(-c5cccc6c7ccccc7n(-c7ccccc7)c56)c4)c32)cc1. The van der Waals surface area contributed by atoms with Crippen molar-refractivity contribution in [1.82, 2.24) is 9.13 Å². The summed E-state index contributed by atoms with van der Waals surface area (Å²) in [7, 11) is 0. The van der Waals surface area contributed by atoms with Gasteiger partial charge in [-0.15, -0.1) is 0 Å². The average molecular weight is 561 g/mol. The summed E-state index contributed by atoms with van der Waals surface area (Å²) in [4.78, 5) is 0. The van der Waals surface area contributed by atoms with Gasteiger partial charge in [-0.25, -0.2) is 0 Å². The monoisotopic (exact) mass is 560 g/mol. The number of rotatable bonds is 4. The number of fused-ring (bicyclic) bond motifs is 6. The molecule has 2 nitrogen and oxygen atoms in total. The minimum atomic E-state index is 1.17. The zero-order chi connectivity index (χ0) is 29.0. The van der Waals surface area contributed by atoms with Gasteiger partial charge in [0.1, 0.15) is 0 Å². The lowest BCUT2D eigenvalue weighted by atomic mass is 9.96. The highest BCUT2D eigenvalue weighted by atomic mass is 15.0. The number of nitrogens with zero attached hydrogens (tertiary/aromatic N) is 2. The number of hydrogen-bond donors (Lipinski definition) is 0. The highest BCUT2D eigenvalue weighted by Gasteiger charge is 2.19. The molecule has 0 spiro atoms. The zero-order valence-corrected chi connectivity index (χ0v) is 24.1. The molecular weight excluding hydrogens is 532 g/mol. The van der Waals surface area contributed by atoms with Crippen LogP contribution in [0.15, 0.2) is 170 Å². The van der Waals surface area contributed by atoms with E-state index >= 15 is 0 Å². The van der Waals surface area contributed by atoms with Crippen LogP contribution in [0.5, 0.6) is 0 Å². The van der Waals surface area contributed by atoms with Gasteiger partial charge in [-0.2, -0.15) is 0 Å². The molecular formula is C42H28N2. The largest absolute Gasteiger partial charge is 0.309 e. The molecule has 0 N–H and O–H groups in total.